The van der Waals surface area contributed by atoms with E-state index in [4.69, 9.17) is 15.2 Å². The Labute approximate surface area is 117 Å². The minimum atomic E-state index is -0.0919. The Bertz CT molecular complexity index is 348. The molecule has 1 aromatic carbocycles. The van der Waals surface area contributed by atoms with Crippen LogP contribution in [0.15, 0.2) is 24.3 Å². The van der Waals surface area contributed by atoms with Crippen LogP contribution in [0.25, 0.3) is 0 Å². The predicted molar refractivity (Wildman–Crippen MR) is 79.2 cm³/mol. The molecule has 3 heteroatoms. The molecule has 3 nitrogen and oxygen atoms in total. The molecule has 0 aliphatic rings. The summed E-state index contributed by atoms with van der Waals surface area (Å²) in [6.45, 7) is 10.3. The highest BCUT2D eigenvalue weighted by atomic mass is 16.5. The largest absolute Gasteiger partial charge is 0.379 e. The first-order valence-electron chi connectivity index (χ1n) is 7.02. The van der Waals surface area contributed by atoms with Crippen molar-refractivity contribution in [1.82, 2.24) is 0 Å². The van der Waals surface area contributed by atoms with Gasteiger partial charge in [-0.3, -0.25) is 0 Å². The van der Waals surface area contributed by atoms with E-state index < -0.39 is 0 Å². The predicted octanol–water partition coefficient (Wildman–Crippen LogP) is 3.07. The molecule has 108 valence electrons. The lowest BCUT2D eigenvalue weighted by Crippen LogP contribution is -2.27. The maximum absolute atomic E-state index is 6.19. The van der Waals surface area contributed by atoms with Crippen LogP contribution < -0.4 is 5.73 Å². The van der Waals surface area contributed by atoms with Crippen molar-refractivity contribution >= 4 is 0 Å². The van der Waals surface area contributed by atoms with Crippen molar-refractivity contribution < 1.29 is 9.47 Å². The summed E-state index contributed by atoms with van der Waals surface area (Å²) in [4.78, 5) is 0. The fourth-order valence-corrected chi connectivity index (χ4v) is 1.78. The summed E-state index contributed by atoms with van der Waals surface area (Å²) in [6, 6.07) is 8.19. The molecular weight excluding hydrogens is 238 g/mol. The van der Waals surface area contributed by atoms with E-state index in [2.05, 4.69) is 45.0 Å². The maximum Gasteiger partial charge on any atom is 0.0740 e. The van der Waals surface area contributed by atoms with E-state index in [-0.39, 0.29) is 12.1 Å². The van der Waals surface area contributed by atoms with Gasteiger partial charge in [-0.1, -0.05) is 43.7 Å². The second kappa shape index (κ2) is 8.31. The highest BCUT2D eigenvalue weighted by Crippen LogP contribution is 2.17. The Hall–Kier alpha value is -0.900. The zero-order chi connectivity index (χ0) is 14.3. The van der Waals surface area contributed by atoms with Crippen LogP contribution in [0.5, 0.6) is 0 Å². The molecule has 0 aromatic heterocycles. The number of aryl methyl sites for hydroxylation is 1. The number of rotatable bonds is 8. The Balaban J connectivity index is 2.28. The van der Waals surface area contributed by atoms with Crippen molar-refractivity contribution in [2.45, 2.75) is 39.8 Å². The standard InChI is InChI=1S/C16H27NO2/c1-12(2)11-18-9-10-19-14(4)16(17)15-7-5-13(3)6-8-15/h5-8,12,14,16H,9-11,17H2,1-4H3. The normalized spacial score (nSPS) is 14.6. The van der Waals surface area contributed by atoms with Crippen LogP contribution in [-0.4, -0.2) is 25.9 Å². The Kier molecular flexibility index (Phi) is 7.06. The van der Waals surface area contributed by atoms with Gasteiger partial charge in [0.2, 0.25) is 0 Å². The summed E-state index contributed by atoms with van der Waals surface area (Å²) in [5, 5.41) is 0. The van der Waals surface area contributed by atoms with Gasteiger partial charge in [0.25, 0.3) is 0 Å². The monoisotopic (exact) mass is 265 g/mol. The molecule has 19 heavy (non-hydrogen) atoms. The van der Waals surface area contributed by atoms with Crippen molar-refractivity contribution in [1.29, 1.82) is 0 Å². The molecule has 0 spiro atoms. The van der Waals surface area contributed by atoms with Gasteiger partial charge in [-0.2, -0.15) is 0 Å². The van der Waals surface area contributed by atoms with Crippen molar-refractivity contribution in [2.24, 2.45) is 11.7 Å². The molecule has 0 saturated carbocycles. The minimum Gasteiger partial charge on any atom is -0.379 e. The first-order valence-corrected chi connectivity index (χ1v) is 7.02. The van der Waals surface area contributed by atoms with E-state index in [1.54, 1.807) is 0 Å². The van der Waals surface area contributed by atoms with Gasteiger partial charge < -0.3 is 15.2 Å². The second-order valence-electron chi connectivity index (χ2n) is 5.48. The smallest absolute Gasteiger partial charge is 0.0740 e. The number of nitrogens with two attached hydrogens (primary N) is 1. The molecular formula is C16H27NO2. The fourth-order valence-electron chi connectivity index (χ4n) is 1.78. The van der Waals surface area contributed by atoms with Gasteiger partial charge in [-0.15, -0.1) is 0 Å². The second-order valence-corrected chi connectivity index (χ2v) is 5.48. The Morgan fingerprint density at radius 3 is 2.26 bits per heavy atom. The van der Waals surface area contributed by atoms with Crippen molar-refractivity contribution in [3.8, 4) is 0 Å². The topological polar surface area (TPSA) is 44.5 Å². The molecule has 0 bridgehead atoms. The molecule has 1 aromatic rings. The summed E-state index contributed by atoms with van der Waals surface area (Å²) < 4.78 is 11.2. The van der Waals surface area contributed by atoms with Crippen LogP contribution in [0.2, 0.25) is 0 Å². The van der Waals surface area contributed by atoms with E-state index in [1.165, 1.54) is 5.56 Å². The number of benzene rings is 1. The molecule has 2 N–H and O–H groups in total. The molecule has 0 heterocycles. The van der Waals surface area contributed by atoms with Crippen LogP contribution in [0, 0.1) is 12.8 Å². The van der Waals surface area contributed by atoms with E-state index in [0.29, 0.717) is 19.1 Å². The summed E-state index contributed by atoms with van der Waals surface area (Å²) in [5.41, 5.74) is 8.54. The fraction of sp³-hybridized carbons (Fsp3) is 0.625. The quantitative estimate of drug-likeness (QED) is 0.735. The lowest BCUT2D eigenvalue weighted by atomic mass is 10.0. The highest BCUT2D eigenvalue weighted by Gasteiger charge is 2.15. The van der Waals surface area contributed by atoms with Crippen molar-refractivity contribution in [3.63, 3.8) is 0 Å². The molecule has 0 fully saturated rings. The third kappa shape index (κ3) is 6.19. The van der Waals surface area contributed by atoms with Crippen molar-refractivity contribution in [3.05, 3.63) is 35.4 Å². The molecule has 0 aliphatic carbocycles. The van der Waals surface area contributed by atoms with Gasteiger partial charge >= 0.3 is 0 Å². The van der Waals surface area contributed by atoms with Crippen LogP contribution in [0.1, 0.15) is 37.9 Å². The van der Waals surface area contributed by atoms with E-state index >= 15 is 0 Å². The summed E-state index contributed by atoms with van der Waals surface area (Å²) in [5.74, 6) is 0.562. The lowest BCUT2D eigenvalue weighted by molar-refractivity contribution is -0.00317. The zero-order valence-electron chi connectivity index (χ0n) is 12.6. The van der Waals surface area contributed by atoms with E-state index in [1.807, 2.05) is 6.92 Å². The molecule has 0 aliphatic heterocycles. The van der Waals surface area contributed by atoms with Gasteiger partial charge in [0, 0.05) is 6.61 Å². The molecule has 0 saturated heterocycles. The van der Waals surface area contributed by atoms with Crippen LogP contribution in [-0.2, 0) is 9.47 Å². The molecule has 0 radical (unpaired) electrons. The average Bonchev–Trinajstić information content (AvgIpc) is 2.37. The van der Waals surface area contributed by atoms with Gasteiger partial charge in [0.15, 0.2) is 0 Å². The van der Waals surface area contributed by atoms with Crippen LogP contribution in [0.4, 0.5) is 0 Å². The van der Waals surface area contributed by atoms with Crippen LogP contribution in [0.3, 0.4) is 0 Å². The number of hydrogen-bond acceptors (Lipinski definition) is 3. The summed E-state index contributed by atoms with van der Waals surface area (Å²) >= 11 is 0. The minimum absolute atomic E-state index is 0.00893. The third-order valence-electron chi connectivity index (χ3n) is 3.03. The Morgan fingerprint density at radius 1 is 1.05 bits per heavy atom. The van der Waals surface area contributed by atoms with Gasteiger partial charge in [-0.25, -0.2) is 0 Å². The molecule has 2 atom stereocenters. The Morgan fingerprint density at radius 2 is 1.68 bits per heavy atom. The maximum atomic E-state index is 6.19. The first-order chi connectivity index (χ1) is 9.00. The van der Waals surface area contributed by atoms with Gasteiger partial charge in [0.1, 0.15) is 0 Å². The molecule has 0 amide bonds. The molecule has 2 unspecified atom stereocenters. The van der Waals surface area contributed by atoms with E-state index in [0.717, 1.165) is 12.2 Å². The molecule has 1 rings (SSSR count). The SMILES string of the molecule is Cc1ccc(C(N)C(C)OCCOCC(C)C)cc1. The zero-order valence-corrected chi connectivity index (χ0v) is 12.6. The average molecular weight is 265 g/mol. The van der Waals surface area contributed by atoms with Crippen LogP contribution >= 0.6 is 0 Å². The van der Waals surface area contributed by atoms with Gasteiger partial charge in [-0.05, 0) is 25.3 Å². The third-order valence-corrected chi connectivity index (χ3v) is 3.03. The number of ether oxygens (including phenoxy) is 2. The first kappa shape index (κ1) is 16.2. The number of hydrogen-bond donors (Lipinski definition) is 1. The van der Waals surface area contributed by atoms with E-state index in [9.17, 15) is 0 Å². The van der Waals surface area contributed by atoms with Crippen molar-refractivity contribution in [2.75, 3.05) is 19.8 Å². The van der Waals surface area contributed by atoms with Gasteiger partial charge in [0.05, 0.1) is 25.4 Å². The summed E-state index contributed by atoms with van der Waals surface area (Å²) in [6.07, 6.45) is -0.00893. The summed E-state index contributed by atoms with van der Waals surface area (Å²) in [7, 11) is 0. The lowest BCUT2D eigenvalue weighted by Gasteiger charge is -2.21. The highest BCUT2D eigenvalue weighted by molar-refractivity contribution is 5.24.